The van der Waals surface area contributed by atoms with Gasteiger partial charge >= 0.3 is 0 Å². The van der Waals surface area contributed by atoms with E-state index in [1.165, 1.54) is 5.56 Å². The van der Waals surface area contributed by atoms with Crippen LogP contribution in [0.15, 0.2) is 54.6 Å². The van der Waals surface area contributed by atoms with Gasteiger partial charge in [-0.1, -0.05) is 74.6 Å². The Balaban J connectivity index is 2.25. The molecule has 18 heavy (non-hydrogen) atoms. The summed E-state index contributed by atoms with van der Waals surface area (Å²) in [4.78, 5) is 0.799. The molecule has 1 nitrogen and oxygen atoms in total. The van der Waals surface area contributed by atoms with Gasteiger partial charge in [0.15, 0.2) is 0 Å². The lowest BCUT2D eigenvalue weighted by atomic mass is 10.1. The second kappa shape index (κ2) is 8.65. The number of hydrogen-bond acceptors (Lipinski definition) is 1. The SMILES string of the molecule is CC(C)CNC(=S)/C=C/C=C/Cc1ccccc1. The molecule has 96 valence electrons. The Kier molecular flexibility index (Phi) is 7.04. The van der Waals surface area contributed by atoms with Crippen molar-refractivity contribution in [2.45, 2.75) is 20.3 Å². The number of thiocarbonyl (C=S) groups is 1. The lowest BCUT2D eigenvalue weighted by Gasteiger charge is -2.06. The summed E-state index contributed by atoms with van der Waals surface area (Å²) in [5.74, 6) is 0.616. The van der Waals surface area contributed by atoms with Gasteiger partial charge in [-0.15, -0.1) is 0 Å². The van der Waals surface area contributed by atoms with E-state index >= 15 is 0 Å². The minimum atomic E-state index is 0.616. The summed E-state index contributed by atoms with van der Waals surface area (Å²) in [5.41, 5.74) is 1.32. The largest absolute Gasteiger partial charge is 0.376 e. The van der Waals surface area contributed by atoms with Gasteiger partial charge in [-0.25, -0.2) is 0 Å². The zero-order valence-electron chi connectivity index (χ0n) is 11.1. The summed E-state index contributed by atoms with van der Waals surface area (Å²) in [6.07, 6.45) is 9.04. The van der Waals surface area contributed by atoms with Crippen LogP contribution in [0.1, 0.15) is 19.4 Å². The fourth-order valence-corrected chi connectivity index (χ4v) is 1.57. The molecular weight excluding hydrogens is 238 g/mol. The van der Waals surface area contributed by atoms with Gasteiger partial charge in [0.25, 0.3) is 0 Å². The zero-order chi connectivity index (χ0) is 13.2. The van der Waals surface area contributed by atoms with E-state index in [9.17, 15) is 0 Å². The van der Waals surface area contributed by atoms with E-state index in [-0.39, 0.29) is 0 Å². The zero-order valence-corrected chi connectivity index (χ0v) is 11.9. The third-order valence-electron chi connectivity index (χ3n) is 2.38. The number of benzene rings is 1. The Morgan fingerprint density at radius 3 is 2.61 bits per heavy atom. The van der Waals surface area contributed by atoms with Gasteiger partial charge in [0.2, 0.25) is 0 Å². The van der Waals surface area contributed by atoms with Gasteiger partial charge in [0, 0.05) is 6.54 Å². The predicted molar refractivity (Wildman–Crippen MR) is 83.9 cm³/mol. The second-order valence-corrected chi connectivity index (χ2v) is 5.06. The molecule has 0 radical (unpaired) electrons. The molecule has 0 atom stereocenters. The van der Waals surface area contributed by atoms with Crippen LogP contribution in [0.4, 0.5) is 0 Å². The number of allylic oxidation sites excluding steroid dienone is 3. The molecular formula is C16H21NS. The van der Waals surface area contributed by atoms with E-state index in [4.69, 9.17) is 12.2 Å². The van der Waals surface area contributed by atoms with Crippen molar-refractivity contribution in [3.05, 3.63) is 60.2 Å². The molecule has 1 aromatic rings. The van der Waals surface area contributed by atoms with Crippen molar-refractivity contribution in [2.24, 2.45) is 5.92 Å². The fourth-order valence-electron chi connectivity index (χ4n) is 1.40. The first-order valence-electron chi connectivity index (χ1n) is 6.33. The summed E-state index contributed by atoms with van der Waals surface area (Å²) >= 11 is 5.18. The highest BCUT2D eigenvalue weighted by molar-refractivity contribution is 7.80. The maximum absolute atomic E-state index is 5.18. The molecule has 0 aromatic heterocycles. The normalized spacial score (nSPS) is 11.5. The van der Waals surface area contributed by atoms with E-state index in [0.29, 0.717) is 5.92 Å². The highest BCUT2D eigenvalue weighted by Gasteiger charge is 1.92. The molecule has 0 fully saturated rings. The van der Waals surface area contributed by atoms with E-state index in [0.717, 1.165) is 18.0 Å². The molecule has 0 spiro atoms. The van der Waals surface area contributed by atoms with Crippen LogP contribution in [0.25, 0.3) is 0 Å². The van der Waals surface area contributed by atoms with E-state index < -0.39 is 0 Å². The first-order valence-corrected chi connectivity index (χ1v) is 6.74. The van der Waals surface area contributed by atoms with Crippen LogP contribution in [0.5, 0.6) is 0 Å². The van der Waals surface area contributed by atoms with Gasteiger partial charge in [-0.05, 0) is 24.0 Å². The second-order valence-electron chi connectivity index (χ2n) is 4.62. The summed E-state index contributed by atoms with van der Waals surface area (Å²) in [6, 6.07) is 10.4. The highest BCUT2D eigenvalue weighted by atomic mass is 32.1. The van der Waals surface area contributed by atoms with Gasteiger partial charge in [0.1, 0.15) is 0 Å². The van der Waals surface area contributed by atoms with Crippen molar-refractivity contribution in [3.8, 4) is 0 Å². The maximum Gasteiger partial charge on any atom is 0.0988 e. The Morgan fingerprint density at radius 2 is 1.94 bits per heavy atom. The molecule has 0 bridgehead atoms. The summed E-state index contributed by atoms with van der Waals surface area (Å²) in [7, 11) is 0. The molecule has 1 N–H and O–H groups in total. The van der Waals surface area contributed by atoms with Crippen molar-refractivity contribution in [2.75, 3.05) is 6.54 Å². The van der Waals surface area contributed by atoms with Crippen molar-refractivity contribution >= 4 is 17.2 Å². The van der Waals surface area contributed by atoms with Crippen LogP contribution in [0.2, 0.25) is 0 Å². The highest BCUT2D eigenvalue weighted by Crippen LogP contribution is 2.00. The van der Waals surface area contributed by atoms with Crippen LogP contribution in [-0.4, -0.2) is 11.5 Å². The summed E-state index contributed by atoms with van der Waals surface area (Å²) < 4.78 is 0. The van der Waals surface area contributed by atoms with E-state index in [1.807, 2.05) is 24.3 Å². The molecule has 0 heterocycles. The van der Waals surface area contributed by atoms with Crippen LogP contribution in [-0.2, 0) is 6.42 Å². The van der Waals surface area contributed by atoms with E-state index in [1.54, 1.807) is 0 Å². The van der Waals surface area contributed by atoms with Gasteiger partial charge in [-0.2, -0.15) is 0 Å². The monoisotopic (exact) mass is 259 g/mol. The molecule has 0 aliphatic rings. The smallest absolute Gasteiger partial charge is 0.0988 e. The summed E-state index contributed by atoms with van der Waals surface area (Å²) in [6.45, 7) is 5.26. The quantitative estimate of drug-likeness (QED) is 0.472. The van der Waals surface area contributed by atoms with Crippen molar-refractivity contribution < 1.29 is 0 Å². The van der Waals surface area contributed by atoms with Gasteiger partial charge in [0.05, 0.1) is 4.99 Å². The van der Waals surface area contributed by atoms with Gasteiger partial charge < -0.3 is 5.32 Å². The maximum atomic E-state index is 5.18. The van der Waals surface area contributed by atoms with Crippen LogP contribution in [0, 0.1) is 5.92 Å². The minimum Gasteiger partial charge on any atom is -0.376 e. The third-order valence-corrected chi connectivity index (χ3v) is 2.66. The average Bonchev–Trinajstić information content (AvgIpc) is 2.37. The van der Waals surface area contributed by atoms with Crippen molar-refractivity contribution in [1.82, 2.24) is 5.32 Å². The number of nitrogens with one attached hydrogen (secondary N) is 1. The molecule has 1 aromatic carbocycles. The van der Waals surface area contributed by atoms with E-state index in [2.05, 4.69) is 49.5 Å². The molecule has 0 amide bonds. The Morgan fingerprint density at radius 1 is 1.22 bits per heavy atom. The van der Waals surface area contributed by atoms with Gasteiger partial charge in [-0.3, -0.25) is 0 Å². The van der Waals surface area contributed by atoms with Crippen molar-refractivity contribution in [1.29, 1.82) is 0 Å². The molecule has 2 heteroatoms. The van der Waals surface area contributed by atoms with Crippen molar-refractivity contribution in [3.63, 3.8) is 0 Å². The first kappa shape index (κ1) is 14.7. The molecule has 0 unspecified atom stereocenters. The van der Waals surface area contributed by atoms with Crippen LogP contribution >= 0.6 is 12.2 Å². The molecule has 0 aliphatic heterocycles. The number of hydrogen-bond donors (Lipinski definition) is 1. The third kappa shape index (κ3) is 7.02. The standard InChI is InChI=1S/C16H21NS/c1-14(2)13-17-16(18)12-8-4-7-11-15-9-5-3-6-10-15/h3-10,12,14H,11,13H2,1-2H3,(H,17,18)/b7-4+,12-8+. The summed E-state index contributed by atoms with van der Waals surface area (Å²) in [5, 5.41) is 3.20. The molecule has 0 saturated carbocycles. The minimum absolute atomic E-state index is 0.616. The Bertz CT molecular complexity index is 404. The lowest BCUT2D eigenvalue weighted by Crippen LogP contribution is -2.23. The predicted octanol–water partition coefficient (Wildman–Crippen LogP) is 3.91. The van der Waals surface area contributed by atoms with Crippen LogP contribution < -0.4 is 5.32 Å². The first-order chi connectivity index (χ1) is 8.68. The average molecular weight is 259 g/mol. The molecule has 0 aliphatic carbocycles. The molecule has 1 rings (SSSR count). The number of rotatable bonds is 6. The molecule has 0 saturated heterocycles. The Hall–Kier alpha value is -1.41. The topological polar surface area (TPSA) is 12.0 Å². The van der Waals surface area contributed by atoms with Crippen LogP contribution in [0.3, 0.4) is 0 Å². The fraction of sp³-hybridized carbons (Fsp3) is 0.312. The Labute approximate surface area is 116 Å². The lowest BCUT2D eigenvalue weighted by molar-refractivity contribution is 0.628.